The van der Waals surface area contributed by atoms with Crippen LogP contribution in [0, 0.1) is 11.6 Å². The molecule has 1 saturated heterocycles. The average Bonchev–Trinajstić information content (AvgIpc) is 3.60. The van der Waals surface area contributed by atoms with Crippen molar-refractivity contribution in [2.24, 2.45) is 0 Å². The van der Waals surface area contributed by atoms with E-state index in [4.69, 9.17) is 4.74 Å². The number of rotatable bonds is 8. The lowest BCUT2D eigenvalue weighted by molar-refractivity contribution is 0.0908. The number of carbonyl (C=O) groups excluding carboxylic acids is 1. The molecule has 1 amide bonds. The number of likely N-dealkylation sites (tertiary alicyclic amines) is 1. The molecular formula is C23H27F2N3O4S. The standard InChI is InChI=1S/C23H27F2N3O4S/c1-32-21-7-3-16(13-22(21)33(30,31)27-18-4-5-18)23(29)26-17-8-10-28(11-9-17)14-15-2-6-19(24)20(25)12-15/h2-3,6-7,12-13,17-18,27H,4-5,8-11,14H2,1H3,(H,26,29). The second-order valence-electron chi connectivity index (χ2n) is 8.53. The van der Waals surface area contributed by atoms with Gasteiger partial charge in [0.2, 0.25) is 10.0 Å². The number of sulfonamides is 1. The SMILES string of the molecule is COc1ccc(C(=O)NC2CCN(Cc3ccc(F)c(F)c3)CC2)cc1S(=O)(=O)NC1CC1. The van der Waals surface area contributed by atoms with Crippen molar-refractivity contribution in [3.63, 3.8) is 0 Å². The maximum absolute atomic E-state index is 13.4. The van der Waals surface area contributed by atoms with Gasteiger partial charge in [-0.2, -0.15) is 0 Å². The monoisotopic (exact) mass is 479 g/mol. The first-order valence-corrected chi connectivity index (χ1v) is 12.4. The molecule has 0 aromatic heterocycles. The molecule has 0 spiro atoms. The molecule has 0 bridgehead atoms. The van der Waals surface area contributed by atoms with Crippen molar-refractivity contribution in [2.75, 3.05) is 20.2 Å². The van der Waals surface area contributed by atoms with Crippen LogP contribution in [0.2, 0.25) is 0 Å². The topological polar surface area (TPSA) is 87.7 Å². The largest absolute Gasteiger partial charge is 0.495 e. The third-order valence-electron chi connectivity index (χ3n) is 5.93. The minimum atomic E-state index is -3.78. The van der Waals surface area contributed by atoms with Crippen molar-refractivity contribution in [3.05, 3.63) is 59.2 Å². The van der Waals surface area contributed by atoms with Crippen molar-refractivity contribution < 1.29 is 26.7 Å². The van der Waals surface area contributed by atoms with E-state index < -0.39 is 21.7 Å². The molecule has 2 aliphatic rings. The summed E-state index contributed by atoms with van der Waals surface area (Å²) >= 11 is 0. The Kier molecular flexibility index (Phi) is 6.96. The Morgan fingerprint density at radius 3 is 2.39 bits per heavy atom. The Hall–Kier alpha value is -2.56. The number of nitrogens with zero attached hydrogens (tertiary/aromatic N) is 1. The summed E-state index contributed by atoms with van der Waals surface area (Å²) in [6.07, 6.45) is 2.99. The Bertz CT molecular complexity index is 1130. The molecular weight excluding hydrogens is 452 g/mol. The smallest absolute Gasteiger partial charge is 0.251 e. The molecule has 2 fully saturated rings. The van der Waals surface area contributed by atoms with Crippen molar-refractivity contribution in [3.8, 4) is 5.75 Å². The third kappa shape index (κ3) is 5.87. The summed E-state index contributed by atoms with van der Waals surface area (Å²) in [4.78, 5) is 14.9. The molecule has 2 aromatic carbocycles. The van der Waals surface area contributed by atoms with Gasteiger partial charge >= 0.3 is 0 Å². The van der Waals surface area contributed by atoms with E-state index in [1.165, 1.54) is 25.3 Å². The number of ether oxygens (including phenoxy) is 1. The Labute approximate surface area is 192 Å². The van der Waals surface area contributed by atoms with Crippen LogP contribution >= 0.6 is 0 Å². The Morgan fingerprint density at radius 2 is 1.76 bits per heavy atom. The van der Waals surface area contributed by atoms with Gasteiger partial charge in [-0.25, -0.2) is 21.9 Å². The molecule has 10 heteroatoms. The molecule has 0 unspecified atom stereocenters. The number of benzene rings is 2. The van der Waals surface area contributed by atoms with Crippen LogP contribution in [0.4, 0.5) is 8.78 Å². The molecule has 2 N–H and O–H groups in total. The second-order valence-corrected chi connectivity index (χ2v) is 10.2. The maximum atomic E-state index is 13.4. The zero-order chi connectivity index (χ0) is 23.6. The number of piperidine rings is 1. The molecule has 1 aliphatic heterocycles. The van der Waals surface area contributed by atoms with E-state index in [0.717, 1.165) is 18.9 Å². The highest BCUT2D eigenvalue weighted by Crippen LogP contribution is 2.28. The third-order valence-corrected chi connectivity index (χ3v) is 7.47. The Morgan fingerprint density at radius 1 is 1.03 bits per heavy atom. The van der Waals surface area contributed by atoms with E-state index in [9.17, 15) is 22.0 Å². The molecule has 1 heterocycles. The number of carbonyl (C=O) groups is 1. The van der Waals surface area contributed by atoms with Gasteiger partial charge in [-0.05, 0) is 61.6 Å². The predicted octanol–water partition coefficient (Wildman–Crippen LogP) is 2.81. The molecule has 1 aliphatic carbocycles. The number of halogens is 2. The highest BCUT2D eigenvalue weighted by molar-refractivity contribution is 7.89. The van der Waals surface area contributed by atoms with Crippen molar-refractivity contribution in [1.29, 1.82) is 0 Å². The predicted molar refractivity (Wildman–Crippen MR) is 118 cm³/mol. The van der Waals surface area contributed by atoms with Gasteiger partial charge < -0.3 is 10.1 Å². The molecule has 0 radical (unpaired) electrons. The van der Waals surface area contributed by atoms with Gasteiger partial charge in [0.25, 0.3) is 5.91 Å². The first-order chi connectivity index (χ1) is 15.7. The fourth-order valence-corrected chi connectivity index (χ4v) is 5.41. The summed E-state index contributed by atoms with van der Waals surface area (Å²) in [5.74, 6) is -1.88. The van der Waals surface area contributed by atoms with Crippen molar-refractivity contribution >= 4 is 15.9 Å². The minimum Gasteiger partial charge on any atom is -0.495 e. The summed E-state index contributed by atoms with van der Waals surface area (Å²) in [6, 6.07) is 8.15. The zero-order valence-electron chi connectivity index (χ0n) is 18.3. The van der Waals surface area contributed by atoms with Gasteiger partial charge in [-0.15, -0.1) is 0 Å². The van der Waals surface area contributed by atoms with E-state index in [2.05, 4.69) is 14.9 Å². The minimum absolute atomic E-state index is 0.0501. The second kappa shape index (κ2) is 9.74. The maximum Gasteiger partial charge on any atom is 0.251 e. The van der Waals surface area contributed by atoms with Gasteiger partial charge in [0.15, 0.2) is 11.6 Å². The number of nitrogens with one attached hydrogen (secondary N) is 2. The summed E-state index contributed by atoms with van der Waals surface area (Å²) in [7, 11) is -2.40. The van der Waals surface area contributed by atoms with E-state index in [1.807, 2.05) is 0 Å². The normalized spacial score (nSPS) is 17.7. The van der Waals surface area contributed by atoms with E-state index in [0.29, 0.717) is 38.0 Å². The van der Waals surface area contributed by atoms with Crippen molar-refractivity contribution in [2.45, 2.75) is 49.2 Å². The molecule has 7 nitrogen and oxygen atoms in total. The summed E-state index contributed by atoms with van der Waals surface area (Å²) in [6.45, 7) is 1.89. The highest BCUT2D eigenvalue weighted by atomic mass is 32.2. The summed E-state index contributed by atoms with van der Waals surface area (Å²) < 4.78 is 59.7. The fourth-order valence-electron chi connectivity index (χ4n) is 3.91. The fraction of sp³-hybridized carbons (Fsp3) is 0.435. The van der Waals surface area contributed by atoms with E-state index in [-0.39, 0.29) is 34.2 Å². The van der Waals surface area contributed by atoms with Crippen LogP contribution in [0.5, 0.6) is 5.75 Å². The van der Waals surface area contributed by atoms with E-state index in [1.54, 1.807) is 12.1 Å². The number of methoxy groups -OCH3 is 1. The van der Waals surface area contributed by atoms with Gasteiger partial charge in [0, 0.05) is 37.3 Å². The van der Waals surface area contributed by atoms with Gasteiger partial charge in [0.1, 0.15) is 10.6 Å². The lowest BCUT2D eigenvalue weighted by Crippen LogP contribution is -2.44. The van der Waals surface area contributed by atoms with E-state index >= 15 is 0 Å². The van der Waals surface area contributed by atoms with Crippen LogP contribution in [0.25, 0.3) is 0 Å². The summed E-state index contributed by atoms with van der Waals surface area (Å²) in [5, 5.41) is 2.97. The number of amides is 1. The molecule has 4 rings (SSSR count). The van der Waals surface area contributed by atoms with Crippen LogP contribution in [-0.4, -0.2) is 51.5 Å². The Balaban J connectivity index is 1.36. The summed E-state index contributed by atoms with van der Waals surface area (Å²) in [5.41, 5.74) is 0.944. The van der Waals surface area contributed by atoms with Gasteiger partial charge in [0.05, 0.1) is 7.11 Å². The average molecular weight is 480 g/mol. The van der Waals surface area contributed by atoms with Crippen LogP contribution in [0.3, 0.4) is 0 Å². The van der Waals surface area contributed by atoms with Crippen LogP contribution in [-0.2, 0) is 16.6 Å². The zero-order valence-corrected chi connectivity index (χ0v) is 19.1. The number of hydrogen-bond donors (Lipinski definition) is 2. The molecule has 1 saturated carbocycles. The van der Waals surface area contributed by atoms with Crippen LogP contribution in [0.1, 0.15) is 41.6 Å². The molecule has 0 atom stereocenters. The first-order valence-electron chi connectivity index (χ1n) is 10.9. The molecule has 33 heavy (non-hydrogen) atoms. The molecule has 178 valence electrons. The lowest BCUT2D eigenvalue weighted by Gasteiger charge is -2.32. The molecule has 2 aromatic rings. The quantitative estimate of drug-likeness (QED) is 0.608. The first kappa shape index (κ1) is 23.6. The van der Waals surface area contributed by atoms with Crippen molar-refractivity contribution in [1.82, 2.24) is 14.9 Å². The van der Waals surface area contributed by atoms with Crippen LogP contribution in [0.15, 0.2) is 41.3 Å². The van der Waals surface area contributed by atoms with Gasteiger partial charge in [-0.3, -0.25) is 9.69 Å². The highest BCUT2D eigenvalue weighted by Gasteiger charge is 2.30. The number of hydrogen-bond acceptors (Lipinski definition) is 5. The lowest BCUT2D eigenvalue weighted by atomic mass is 10.0. The van der Waals surface area contributed by atoms with Gasteiger partial charge in [-0.1, -0.05) is 6.07 Å². The van der Waals surface area contributed by atoms with Crippen LogP contribution < -0.4 is 14.8 Å².